The lowest BCUT2D eigenvalue weighted by atomic mass is 10.2. The van der Waals surface area contributed by atoms with Crippen molar-refractivity contribution in [3.8, 4) is 11.5 Å². The molecule has 0 aliphatic carbocycles. The van der Waals surface area contributed by atoms with E-state index in [1.54, 1.807) is 48.5 Å². The Kier molecular flexibility index (Phi) is 5.69. The lowest BCUT2D eigenvalue weighted by molar-refractivity contribution is 0.0600. The standard InChI is InChI=1S/C21H18N2O4/c1-26-20(24)15-7-9-16(10-8-15)22-21(25)23-17-11-13-19(14-12-17)27-18-5-3-2-4-6-18/h2-14H,1H3,(H2,22,23,25). The molecule has 0 fully saturated rings. The molecule has 3 aromatic rings. The van der Waals surface area contributed by atoms with Crippen molar-refractivity contribution in [2.75, 3.05) is 17.7 Å². The second-order valence-electron chi connectivity index (χ2n) is 5.59. The number of carbonyl (C=O) groups excluding carboxylic acids is 2. The van der Waals surface area contributed by atoms with E-state index in [1.165, 1.54) is 7.11 Å². The Morgan fingerprint density at radius 2 is 1.22 bits per heavy atom. The summed E-state index contributed by atoms with van der Waals surface area (Å²) >= 11 is 0. The molecule has 0 bridgehead atoms. The fourth-order valence-corrected chi connectivity index (χ4v) is 2.33. The van der Waals surface area contributed by atoms with E-state index in [0.29, 0.717) is 22.7 Å². The van der Waals surface area contributed by atoms with Gasteiger partial charge in [-0.2, -0.15) is 0 Å². The third-order valence-corrected chi connectivity index (χ3v) is 3.65. The summed E-state index contributed by atoms with van der Waals surface area (Å²) in [5.41, 5.74) is 1.60. The molecule has 136 valence electrons. The van der Waals surface area contributed by atoms with Crippen LogP contribution in [0.4, 0.5) is 16.2 Å². The molecule has 3 aromatic carbocycles. The van der Waals surface area contributed by atoms with E-state index in [0.717, 1.165) is 5.75 Å². The van der Waals surface area contributed by atoms with Gasteiger partial charge < -0.3 is 20.1 Å². The van der Waals surface area contributed by atoms with Crippen molar-refractivity contribution in [3.05, 3.63) is 84.4 Å². The molecule has 3 rings (SSSR count). The van der Waals surface area contributed by atoms with Gasteiger partial charge in [-0.3, -0.25) is 0 Å². The van der Waals surface area contributed by atoms with Crippen molar-refractivity contribution in [3.63, 3.8) is 0 Å². The number of hydrogen-bond donors (Lipinski definition) is 2. The van der Waals surface area contributed by atoms with Crippen molar-refractivity contribution >= 4 is 23.4 Å². The van der Waals surface area contributed by atoms with Crippen LogP contribution in [0.2, 0.25) is 0 Å². The maximum absolute atomic E-state index is 12.1. The average molecular weight is 362 g/mol. The minimum atomic E-state index is -0.427. The van der Waals surface area contributed by atoms with Gasteiger partial charge in [-0.1, -0.05) is 18.2 Å². The van der Waals surface area contributed by atoms with Gasteiger partial charge in [-0.15, -0.1) is 0 Å². The zero-order valence-electron chi connectivity index (χ0n) is 14.6. The smallest absolute Gasteiger partial charge is 0.337 e. The predicted octanol–water partition coefficient (Wildman–Crippen LogP) is 4.91. The Labute approximate surface area is 156 Å². The molecule has 0 saturated heterocycles. The number of ether oxygens (including phenoxy) is 2. The van der Waals surface area contributed by atoms with Gasteiger partial charge in [0.1, 0.15) is 11.5 Å². The van der Waals surface area contributed by atoms with Crippen LogP contribution in [0.25, 0.3) is 0 Å². The molecule has 2 N–H and O–H groups in total. The molecule has 0 heterocycles. The molecule has 0 unspecified atom stereocenters. The third kappa shape index (κ3) is 5.09. The van der Waals surface area contributed by atoms with E-state index in [9.17, 15) is 9.59 Å². The molecule has 0 atom stereocenters. The number of amides is 2. The quantitative estimate of drug-likeness (QED) is 0.632. The molecule has 27 heavy (non-hydrogen) atoms. The van der Waals surface area contributed by atoms with Crippen LogP contribution in [0.15, 0.2) is 78.9 Å². The lowest BCUT2D eigenvalue weighted by Crippen LogP contribution is -2.19. The predicted molar refractivity (Wildman–Crippen MR) is 103 cm³/mol. The van der Waals surface area contributed by atoms with Crippen molar-refractivity contribution in [2.45, 2.75) is 0 Å². The van der Waals surface area contributed by atoms with Crippen LogP contribution in [-0.2, 0) is 4.74 Å². The Hall–Kier alpha value is -3.80. The van der Waals surface area contributed by atoms with Crippen LogP contribution < -0.4 is 15.4 Å². The number of hydrogen-bond acceptors (Lipinski definition) is 4. The van der Waals surface area contributed by atoms with E-state index >= 15 is 0 Å². The van der Waals surface area contributed by atoms with E-state index < -0.39 is 12.0 Å². The summed E-state index contributed by atoms with van der Waals surface area (Å²) in [4.78, 5) is 23.5. The van der Waals surface area contributed by atoms with E-state index in [1.807, 2.05) is 30.3 Å². The van der Waals surface area contributed by atoms with Gasteiger partial charge in [-0.25, -0.2) is 9.59 Å². The normalized spacial score (nSPS) is 9.96. The van der Waals surface area contributed by atoms with Gasteiger partial charge in [0.2, 0.25) is 0 Å². The molecular weight excluding hydrogens is 344 g/mol. The monoisotopic (exact) mass is 362 g/mol. The summed E-state index contributed by atoms with van der Waals surface area (Å²) < 4.78 is 10.3. The van der Waals surface area contributed by atoms with Crippen molar-refractivity contribution in [1.29, 1.82) is 0 Å². The topological polar surface area (TPSA) is 76.7 Å². The molecule has 0 spiro atoms. The summed E-state index contributed by atoms with van der Waals surface area (Å²) in [7, 11) is 1.32. The maximum Gasteiger partial charge on any atom is 0.337 e. The van der Waals surface area contributed by atoms with Crippen molar-refractivity contribution in [1.82, 2.24) is 0 Å². The van der Waals surface area contributed by atoms with Crippen molar-refractivity contribution < 1.29 is 19.1 Å². The zero-order valence-corrected chi connectivity index (χ0v) is 14.6. The van der Waals surface area contributed by atoms with E-state index in [4.69, 9.17) is 4.74 Å². The van der Waals surface area contributed by atoms with Crippen molar-refractivity contribution in [2.24, 2.45) is 0 Å². The molecule has 6 nitrogen and oxygen atoms in total. The average Bonchev–Trinajstić information content (AvgIpc) is 2.70. The Morgan fingerprint density at radius 3 is 1.78 bits per heavy atom. The van der Waals surface area contributed by atoms with Gasteiger partial charge in [0.15, 0.2) is 0 Å². The van der Waals surface area contributed by atoms with Crippen LogP contribution in [-0.4, -0.2) is 19.1 Å². The maximum atomic E-state index is 12.1. The lowest BCUT2D eigenvalue weighted by Gasteiger charge is -2.09. The second kappa shape index (κ2) is 8.53. The highest BCUT2D eigenvalue weighted by molar-refractivity contribution is 6.00. The summed E-state index contributed by atoms with van der Waals surface area (Å²) in [6, 6.07) is 22.5. The number of methoxy groups -OCH3 is 1. The minimum Gasteiger partial charge on any atom is -0.465 e. The Bertz CT molecular complexity index is 907. The number of para-hydroxylation sites is 1. The Morgan fingerprint density at radius 1 is 0.704 bits per heavy atom. The second-order valence-corrected chi connectivity index (χ2v) is 5.59. The summed E-state index contributed by atoms with van der Waals surface area (Å²) in [5.74, 6) is 0.987. The molecule has 0 radical (unpaired) electrons. The summed E-state index contributed by atoms with van der Waals surface area (Å²) in [6.07, 6.45) is 0. The SMILES string of the molecule is COC(=O)c1ccc(NC(=O)Nc2ccc(Oc3ccccc3)cc2)cc1. The molecule has 0 aromatic heterocycles. The molecule has 0 aliphatic heterocycles. The minimum absolute atomic E-state index is 0.391. The number of urea groups is 1. The third-order valence-electron chi connectivity index (χ3n) is 3.65. The first-order valence-corrected chi connectivity index (χ1v) is 8.23. The fourth-order valence-electron chi connectivity index (χ4n) is 2.33. The summed E-state index contributed by atoms with van der Waals surface area (Å²) in [6.45, 7) is 0. The molecule has 2 amide bonds. The molecule has 0 aliphatic rings. The molecule has 6 heteroatoms. The fraction of sp³-hybridized carbons (Fsp3) is 0.0476. The van der Waals surface area contributed by atoms with E-state index in [2.05, 4.69) is 15.4 Å². The van der Waals surface area contributed by atoms with Crippen LogP contribution in [0, 0.1) is 0 Å². The van der Waals surface area contributed by atoms with Crippen LogP contribution in [0.5, 0.6) is 11.5 Å². The number of carbonyl (C=O) groups is 2. The highest BCUT2D eigenvalue weighted by Crippen LogP contribution is 2.22. The van der Waals surface area contributed by atoms with Crippen LogP contribution in [0.1, 0.15) is 10.4 Å². The van der Waals surface area contributed by atoms with E-state index in [-0.39, 0.29) is 0 Å². The number of rotatable bonds is 5. The van der Waals surface area contributed by atoms with Gasteiger partial charge in [0.05, 0.1) is 12.7 Å². The first-order chi connectivity index (χ1) is 13.1. The Balaban J connectivity index is 1.55. The number of anilines is 2. The number of esters is 1. The van der Waals surface area contributed by atoms with Crippen LogP contribution in [0.3, 0.4) is 0 Å². The first kappa shape index (κ1) is 18.0. The summed E-state index contributed by atoms with van der Waals surface area (Å²) in [5, 5.41) is 5.43. The van der Waals surface area contributed by atoms with Gasteiger partial charge in [0, 0.05) is 11.4 Å². The largest absolute Gasteiger partial charge is 0.465 e. The van der Waals surface area contributed by atoms with Crippen LogP contribution >= 0.6 is 0 Å². The zero-order chi connectivity index (χ0) is 19.1. The number of nitrogens with one attached hydrogen (secondary N) is 2. The highest BCUT2D eigenvalue weighted by Gasteiger charge is 2.07. The number of benzene rings is 3. The molecular formula is C21H18N2O4. The molecule has 0 saturated carbocycles. The van der Waals surface area contributed by atoms with Gasteiger partial charge >= 0.3 is 12.0 Å². The highest BCUT2D eigenvalue weighted by atomic mass is 16.5. The first-order valence-electron chi connectivity index (χ1n) is 8.23. The van der Waals surface area contributed by atoms with Gasteiger partial charge in [0.25, 0.3) is 0 Å². The van der Waals surface area contributed by atoms with Gasteiger partial charge in [-0.05, 0) is 60.7 Å².